The van der Waals surface area contributed by atoms with Crippen molar-refractivity contribution in [3.63, 3.8) is 0 Å². The molecular formula is C16H20FN3O. The molecule has 112 valence electrons. The van der Waals surface area contributed by atoms with Crippen LogP contribution in [0.2, 0.25) is 0 Å². The van der Waals surface area contributed by atoms with Gasteiger partial charge in [-0.1, -0.05) is 6.92 Å². The zero-order chi connectivity index (χ0) is 14.7. The lowest BCUT2D eigenvalue weighted by molar-refractivity contribution is 0.207. The molecule has 5 heteroatoms. The van der Waals surface area contributed by atoms with E-state index in [1.807, 2.05) is 12.4 Å². The smallest absolute Gasteiger partial charge is 0.123 e. The molecule has 1 N–H and O–H groups in total. The fourth-order valence-corrected chi connectivity index (χ4v) is 2.66. The van der Waals surface area contributed by atoms with Crippen LogP contribution in [0.15, 0.2) is 30.6 Å². The number of nitrogens with one attached hydrogen (secondary N) is 1. The van der Waals surface area contributed by atoms with E-state index < -0.39 is 0 Å². The summed E-state index contributed by atoms with van der Waals surface area (Å²) in [6, 6.07) is 4.72. The van der Waals surface area contributed by atoms with Crippen LogP contribution in [0.4, 0.5) is 4.39 Å². The third-order valence-electron chi connectivity index (χ3n) is 3.68. The zero-order valence-electron chi connectivity index (χ0n) is 12.2. The van der Waals surface area contributed by atoms with Crippen LogP contribution in [0.25, 0.3) is 0 Å². The van der Waals surface area contributed by atoms with Crippen LogP contribution < -0.4 is 10.1 Å². The average Bonchev–Trinajstić information content (AvgIpc) is 3.06. The highest BCUT2D eigenvalue weighted by Crippen LogP contribution is 2.29. The number of imidazole rings is 1. The summed E-state index contributed by atoms with van der Waals surface area (Å²) in [5, 5.41) is 3.35. The van der Waals surface area contributed by atoms with Crippen molar-refractivity contribution in [2.75, 3.05) is 6.54 Å². The van der Waals surface area contributed by atoms with Crippen molar-refractivity contribution < 1.29 is 9.13 Å². The summed E-state index contributed by atoms with van der Waals surface area (Å²) in [4.78, 5) is 4.38. The summed E-state index contributed by atoms with van der Waals surface area (Å²) in [6.07, 6.45) is 5.67. The van der Waals surface area contributed by atoms with E-state index in [4.69, 9.17) is 4.74 Å². The van der Waals surface area contributed by atoms with Gasteiger partial charge in [0.25, 0.3) is 0 Å². The lowest BCUT2D eigenvalue weighted by Gasteiger charge is -2.14. The Labute approximate surface area is 124 Å². The van der Waals surface area contributed by atoms with Crippen LogP contribution in [-0.4, -0.2) is 22.2 Å². The number of hydrogen-bond donors (Lipinski definition) is 1. The van der Waals surface area contributed by atoms with Crippen molar-refractivity contribution in [2.45, 2.75) is 39.0 Å². The van der Waals surface area contributed by atoms with Gasteiger partial charge in [0.15, 0.2) is 0 Å². The molecule has 0 aliphatic carbocycles. The van der Waals surface area contributed by atoms with Gasteiger partial charge in [-0.3, -0.25) is 0 Å². The van der Waals surface area contributed by atoms with Gasteiger partial charge < -0.3 is 14.6 Å². The van der Waals surface area contributed by atoms with E-state index in [0.717, 1.165) is 49.6 Å². The number of halogens is 1. The van der Waals surface area contributed by atoms with Crippen molar-refractivity contribution in [1.29, 1.82) is 0 Å². The number of benzene rings is 1. The molecule has 0 saturated heterocycles. The second-order valence-electron chi connectivity index (χ2n) is 5.37. The number of rotatable bonds is 6. The lowest BCUT2D eigenvalue weighted by atomic mass is 10.1. The minimum absolute atomic E-state index is 0.0425. The summed E-state index contributed by atoms with van der Waals surface area (Å²) >= 11 is 0. The molecule has 3 rings (SSSR count). The molecule has 0 saturated carbocycles. The van der Waals surface area contributed by atoms with E-state index in [1.165, 1.54) is 6.07 Å². The molecule has 1 unspecified atom stereocenters. The number of nitrogens with zero attached hydrogens (tertiary/aromatic N) is 2. The van der Waals surface area contributed by atoms with Crippen LogP contribution >= 0.6 is 0 Å². The van der Waals surface area contributed by atoms with E-state index in [2.05, 4.69) is 21.8 Å². The Morgan fingerprint density at radius 2 is 2.38 bits per heavy atom. The molecule has 1 aromatic heterocycles. The van der Waals surface area contributed by atoms with E-state index in [1.54, 1.807) is 12.1 Å². The van der Waals surface area contributed by atoms with Crippen LogP contribution in [0.5, 0.6) is 5.75 Å². The summed E-state index contributed by atoms with van der Waals surface area (Å²) in [5.74, 6) is 1.60. The average molecular weight is 289 g/mol. The highest BCUT2D eigenvalue weighted by Gasteiger charge is 2.24. The first-order chi connectivity index (χ1) is 10.3. The molecule has 0 bridgehead atoms. The first-order valence-electron chi connectivity index (χ1n) is 7.42. The van der Waals surface area contributed by atoms with Gasteiger partial charge in [0, 0.05) is 24.4 Å². The Balaban J connectivity index is 1.62. The summed E-state index contributed by atoms with van der Waals surface area (Å²) < 4.78 is 21.2. The maximum Gasteiger partial charge on any atom is 0.123 e. The number of ether oxygens (including phenoxy) is 1. The molecule has 0 radical (unpaired) electrons. The number of fused-ring (bicyclic) bond motifs is 1. The summed E-state index contributed by atoms with van der Waals surface area (Å²) in [5.41, 5.74) is 0.950. The van der Waals surface area contributed by atoms with Crippen LogP contribution in [-0.2, 0) is 19.5 Å². The third-order valence-corrected chi connectivity index (χ3v) is 3.68. The summed E-state index contributed by atoms with van der Waals surface area (Å²) in [7, 11) is 0. The topological polar surface area (TPSA) is 39.1 Å². The first kappa shape index (κ1) is 14.1. The Morgan fingerprint density at radius 1 is 1.48 bits per heavy atom. The predicted molar refractivity (Wildman–Crippen MR) is 78.7 cm³/mol. The molecule has 1 aliphatic rings. The quantitative estimate of drug-likeness (QED) is 0.831. The third kappa shape index (κ3) is 3.24. The molecule has 1 atom stereocenters. The zero-order valence-corrected chi connectivity index (χ0v) is 12.2. The first-order valence-corrected chi connectivity index (χ1v) is 7.42. The predicted octanol–water partition coefficient (Wildman–Crippen LogP) is 2.53. The minimum atomic E-state index is -0.204. The number of aromatic nitrogens is 2. The Hall–Kier alpha value is -1.88. The molecule has 0 fully saturated rings. The molecular weight excluding hydrogens is 269 g/mol. The van der Waals surface area contributed by atoms with Gasteiger partial charge >= 0.3 is 0 Å². The van der Waals surface area contributed by atoms with Crippen molar-refractivity contribution in [1.82, 2.24) is 14.9 Å². The molecule has 4 nitrogen and oxygen atoms in total. The van der Waals surface area contributed by atoms with E-state index >= 15 is 0 Å². The summed E-state index contributed by atoms with van der Waals surface area (Å²) in [6.45, 7) is 4.62. The maximum atomic E-state index is 13.2. The maximum absolute atomic E-state index is 13.2. The molecule has 1 aromatic carbocycles. The monoisotopic (exact) mass is 289 g/mol. The van der Waals surface area contributed by atoms with Crippen LogP contribution in [0, 0.1) is 5.82 Å². The van der Waals surface area contributed by atoms with Gasteiger partial charge in [0.05, 0.1) is 13.1 Å². The van der Waals surface area contributed by atoms with Gasteiger partial charge in [-0.05, 0) is 31.2 Å². The fraction of sp³-hybridized carbons (Fsp3) is 0.438. The molecule has 2 aromatic rings. The number of hydrogen-bond acceptors (Lipinski definition) is 3. The highest BCUT2D eigenvalue weighted by atomic mass is 19.1. The SMILES string of the molecule is CCCNCc1nccn1CC1Cc2cc(F)ccc2O1. The van der Waals surface area contributed by atoms with Crippen LogP contribution in [0.1, 0.15) is 24.7 Å². The van der Waals surface area contributed by atoms with Gasteiger partial charge in [-0.2, -0.15) is 0 Å². The van der Waals surface area contributed by atoms with E-state index in [0.29, 0.717) is 0 Å². The Kier molecular flexibility index (Phi) is 4.20. The molecule has 1 aliphatic heterocycles. The lowest BCUT2D eigenvalue weighted by Crippen LogP contribution is -2.24. The van der Waals surface area contributed by atoms with Gasteiger partial charge in [-0.25, -0.2) is 9.37 Å². The Bertz CT molecular complexity index is 611. The second-order valence-corrected chi connectivity index (χ2v) is 5.37. The fourth-order valence-electron chi connectivity index (χ4n) is 2.66. The van der Waals surface area contributed by atoms with Crippen molar-refractivity contribution in [3.8, 4) is 5.75 Å². The normalized spacial score (nSPS) is 16.8. The highest BCUT2D eigenvalue weighted by molar-refractivity contribution is 5.37. The van der Waals surface area contributed by atoms with Crippen molar-refractivity contribution in [3.05, 3.63) is 47.8 Å². The molecule has 21 heavy (non-hydrogen) atoms. The van der Waals surface area contributed by atoms with Crippen molar-refractivity contribution >= 4 is 0 Å². The molecule has 2 heterocycles. The van der Waals surface area contributed by atoms with E-state index in [9.17, 15) is 4.39 Å². The second kappa shape index (κ2) is 6.26. The van der Waals surface area contributed by atoms with Gasteiger partial charge in [-0.15, -0.1) is 0 Å². The van der Waals surface area contributed by atoms with E-state index in [-0.39, 0.29) is 11.9 Å². The van der Waals surface area contributed by atoms with Gasteiger partial charge in [0.2, 0.25) is 0 Å². The van der Waals surface area contributed by atoms with Crippen molar-refractivity contribution in [2.24, 2.45) is 0 Å². The van der Waals surface area contributed by atoms with Crippen LogP contribution in [0.3, 0.4) is 0 Å². The standard InChI is InChI=1S/C16H20FN3O/c1-2-5-18-10-16-19-6-7-20(16)11-14-9-12-8-13(17)3-4-15(12)21-14/h3-4,6-8,14,18H,2,5,9-11H2,1H3. The van der Waals surface area contributed by atoms with Gasteiger partial charge in [0.1, 0.15) is 23.5 Å². The largest absolute Gasteiger partial charge is 0.488 e. The minimum Gasteiger partial charge on any atom is -0.488 e. The Morgan fingerprint density at radius 3 is 3.24 bits per heavy atom. The molecule has 0 spiro atoms. The molecule has 0 amide bonds.